The Bertz CT molecular complexity index is 1250. The van der Waals surface area contributed by atoms with E-state index >= 15 is 0 Å². The lowest BCUT2D eigenvalue weighted by atomic mass is 9.84. The summed E-state index contributed by atoms with van der Waals surface area (Å²) in [6, 6.07) is 15.1. The molecule has 3 heterocycles. The van der Waals surface area contributed by atoms with Gasteiger partial charge in [-0.1, -0.05) is 32.9 Å². The number of benzene rings is 1. The summed E-state index contributed by atoms with van der Waals surface area (Å²) in [6.45, 7) is 6.22. The molecule has 0 radical (unpaired) electrons. The van der Waals surface area contributed by atoms with E-state index in [4.69, 9.17) is 4.74 Å². The molecule has 1 amide bonds. The van der Waals surface area contributed by atoms with Gasteiger partial charge in [0, 0.05) is 23.5 Å². The smallest absolute Gasteiger partial charge is 0.296 e. The molecular weight excluding hydrogens is 430 g/mol. The van der Waals surface area contributed by atoms with Gasteiger partial charge in [0.2, 0.25) is 0 Å². The highest BCUT2D eigenvalue weighted by Gasteiger charge is 2.47. The van der Waals surface area contributed by atoms with E-state index in [2.05, 4.69) is 9.97 Å². The van der Waals surface area contributed by atoms with Crippen molar-refractivity contribution in [3.63, 3.8) is 0 Å². The van der Waals surface area contributed by atoms with E-state index in [0.29, 0.717) is 22.7 Å². The van der Waals surface area contributed by atoms with Gasteiger partial charge < -0.3 is 14.7 Å². The number of hydrogen-bond acceptors (Lipinski definition) is 6. The van der Waals surface area contributed by atoms with Gasteiger partial charge in [0.1, 0.15) is 17.6 Å². The lowest BCUT2D eigenvalue weighted by Gasteiger charge is -2.25. The molecule has 1 saturated heterocycles. The molecule has 34 heavy (non-hydrogen) atoms. The van der Waals surface area contributed by atoms with Gasteiger partial charge in [0.15, 0.2) is 0 Å². The summed E-state index contributed by atoms with van der Waals surface area (Å²) in [5, 5.41) is 11.4. The Hall–Kier alpha value is -4.00. The van der Waals surface area contributed by atoms with Gasteiger partial charge >= 0.3 is 0 Å². The highest BCUT2D eigenvalue weighted by atomic mass is 16.5. The fraction of sp³-hybridized carbons (Fsp3) is 0.259. The zero-order chi connectivity index (χ0) is 24.5. The first-order valence-electron chi connectivity index (χ1n) is 11.0. The first-order chi connectivity index (χ1) is 16.2. The largest absolute Gasteiger partial charge is 0.507 e. The maximum Gasteiger partial charge on any atom is 0.296 e. The molecule has 4 rings (SSSR count). The minimum atomic E-state index is -0.844. The minimum Gasteiger partial charge on any atom is -0.507 e. The number of methoxy groups -OCH3 is 1. The summed E-state index contributed by atoms with van der Waals surface area (Å²) in [7, 11) is 1.59. The molecule has 0 spiro atoms. The molecular formula is C27H27N3O4. The van der Waals surface area contributed by atoms with Crippen molar-refractivity contribution in [1.82, 2.24) is 14.9 Å². The second-order valence-electron chi connectivity index (χ2n) is 9.17. The summed E-state index contributed by atoms with van der Waals surface area (Å²) >= 11 is 0. The highest BCUT2D eigenvalue weighted by molar-refractivity contribution is 6.46. The van der Waals surface area contributed by atoms with Crippen LogP contribution in [0.4, 0.5) is 0 Å². The lowest BCUT2D eigenvalue weighted by molar-refractivity contribution is -0.140. The van der Waals surface area contributed by atoms with E-state index in [1.54, 1.807) is 68.0 Å². The number of pyridine rings is 2. The molecule has 1 aliphatic rings. The number of ketones is 1. The van der Waals surface area contributed by atoms with Crippen molar-refractivity contribution in [1.29, 1.82) is 0 Å². The number of Topliss-reactive ketones (excluding diaryl/α,β-unsaturated/α-hetero) is 1. The maximum atomic E-state index is 13.2. The number of amides is 1. The predicted molar refractivity (Wildman–Crippen MR) is 128 cm³/mol. The van der Waals surface area contributed by atoms with Crippen LogP contribution >= 0.6 is 0 Å². The number of aromatic nitrogens is 2. The van der Waals surface area contributed by atoms with Crippen molar-refractivity contribution < 1.29 is 19.4 Å². The van der Waals surface area contributed by atoms with E-state index in [1.807, 2.05) is 26.8 Å². The van der Waals surface area contributed by atoms with Crippen LogP contribution in [0.5, 0.6) is 5.75 Å². The van der Waals surface area contributed by atoms with Crippen LogP contribution in [0.1, 0.15) is 49.3 Å². The van der Waals surface area contributed by atoms with Gasteiger partial charge in [-0.15, -0.1) is 0 Å². The second kappa shape index (κ2) is 9.09. The van der Waals surface area contributed by atoms with Gasteiger partial charge in [0.25, 0.3) is 11.7 Å². The third-order valence-electron chi connectivity index (χ3n) is 5.85. The summed E-state index contributed by atoms with van der Waals surface area (Å²) in [4.78, 5) is 36.5. The van der Waals surface area contributed by atoms with Crippen LogP contribution in [-0.2, 0) is 21.5 Å². The minimum absolute atomic E-state index is 0.00431. The quantitative estimate of drug-likeness (QED) is 0.347. The van der Waals surface area contributed by atoms with Gasteiger partial charge in [-0.25, -0.2) is 0 Å². The maximum absolute atomic E-state index is 13.2. The molecule has 1 aromatic carbocycles. The van der Waals surface area contributed by atoms with Crippen LogP contribution in [0, 0.1) is 0 Å². The Morgan fingerprint density at radius 3 is 2.32 bits per heavy atom. The number of ether oxygens (including phenoxy) is 1. The predicted octanol–water partition coefficient (Wildman–Crippen LogP) is 4.40. The Morgan fingerprint density at radius 2 is 1.74 bits per heavy atom. The molecule has 2 aromatic heterocycles. The summed E-state index contributed by atoms with van der Waals surface area (Å²) < 4.78 is 5.50. The van der Waals surface area contributed by atoms with Crippen LogP contribution in [0.25, 0.3) is 5.76 Å². The van der Waals surface area contributed by atoms with Crippen molar-refractivity contribution in [3.8, 4) is 5.75 Å². The SMILES string of the molecule is COc1ccc(/C(O)=C2/C(=O)C(=O)N(Cc3ccccn3)C2c2ccccn2)cc1C(C)(C)C. The zero-order valence-electron chi connectivity index (χ0n) is 19.6. The molecule has 1 atom stereocenters. The standard InChI is InChI=1S/C27H27N3O4/c1-27(2,3)19-15-17(11-12-21(19)34-4)24(31)22-23(20-10-6-8-14-29-20)30(26(33)25(22)32)16-18-9-5-7-13-28-18/h5-15,23,31H,16H2,1-4H3/b24-22-. The van der Waals surface area contributed by atoms with Crippen LogP contribution in [0.15, 0.2) is 72.6 Å². The van der Waals surface area contributed by atoms with Crippen molar-refractivity contribution >= 4 is 17.4 Å². The summed E-state index contributed by atoms with van der Waals surface area (Å²) in [5.74, 6) is -1.02. The van der Waals surface area contributed by atoms with Gasteiger partial charge in [-0.05, 0) is 47.9 Å². The molecule has 7 nitrogen and oxygen atoms in total. The number of carbonyl (C=O) groups is 2. The van der Waals surface area contributed by atoms with Crippen molar-refractivity contribution in [2.45, 2.75) is 38.8 Å². The average Bonchev–Trinajstić information content (AvgIpc) is 3.08. The Morgan fingerprint density at radius 1 is 1.03 bits per heavy atom. The number of likely N-dealkylation sites (tertiary alicyclic amines) is 1. The molecule has 1 unspecified atom stereocenters. The van der Waals surface area contributed by atoms with E-state index in [-0.39, 0.29) is 23.3 Å². The van der Waals surface area contributed by atoms with Crippen molar-refractivity contribution in [2.75, 3.05) is 7.11 Å². The molecule has 1 aliphatic heterocycles. The normalized spacial score (nSPS) is 17.8. The molecule has 0 bridgehead atoms. The number of nitrogens with zero attached hydrogens (tertiary/aromatic N) is 3. The molecule has 1 N–H and O–H groups in total. The topological polar surface area (TPSA) is 92.6 Å². The van der Waals surface area contributed by atoms with Gasteiger partial charge in [0.05, 0.1) is 30.6 Å². The first kappa shape index (κ1) is 23.2. The number of aliphatic hydroxyl groups excluding tert-OH is 1. The Balaban J connectivity index is 1.88. The molecule has 174 valence electrons. The van der Waals surface area contributed by atoms with E-state index in [0.717, 1.165) is 5.56 Å². The Kier molecular flexibility index (Phi) is 6.20. The fourth-order valence-electron chi connectivity index (χ4n) is 4.15. The molecule has 3 aromatic rings. The number of hydrogen-bond donors (Lipinski definition) is 1. The fourth-order valence-corrected chi connectivity index (χ4v) is 4.15. The van der Waals surface area contributed by atoms with Crippen molar-refractivity contribution in [2.24, 2.45) is 0 Å². The monoisotopic (exact) mass is 457 g/mol. The zero-order valence-corrected chi connectivity index (χ0v) is 19.6. The van der Waals surface area contributed by atoms with Crippen LogP contribution in [-0.4, -0.2) is 38.8 Å². The second-order valence-corrected chi connectivity index (χ2v) is 9.17. The summed E-state index contributed by atoms with van der Waals surface area (Å²) in [5.41, 5.74) is 2.16. The van der Waals surface area contributed by atoms with E-state index < -0.39 is 17.7 Å². The third kappa shape index (κ3) is 4.29. The summed E-state index contributed by atoms with van der Waals surface area (Å²) in [6.07, 6.45) is 3.23. The molecule has 7 heteroatoms. The van der Waals surface area contributed by atoms with Crippen LogP contribution < -0.4 is 4.74 Å². The van der Waals surface area contributed by atoms with Gasteiger partial charge in [-0.3, -0.25) is 19.6 Å². The van der Waals surface area contributed by atoms with Crippen molar-refractivity contribution in [3.05, 3.63) is 95.1 Å². The number of aliphatic hydroxyl groups is 1. The number of rotatable bonds is 5. The van der Waals surface area contributed by atoms with E-state index in [1.165, 1.54) is 4.90 Å². The van der Waals surface area contributed by atoms with Gasteiger partial charge in [-0.2, -0.15) is 0 Å². The molecule has 0 aliphatic carbocycles. The Labute approximate surface area is 198 Å². The highest BCUT2D eigenvalue weighted by Crippen LogP contribution is 2.41. The third-order valence-corrected chi connectivity index (χ3v) is 5.85. The lowest BCUT2D eigenvalue weighted by Crippen LogP contribution is -2.29. The first-order valence-corrected chi connectivity index (χ1v) is 11.0. The number of carbonyl (C=O) groups excluding carboxylic acids is 2. The average molecular weight is 458 g/mol. The van der Waals surface area contributed by atoms with E-state index in [9.17, 15) is 14.7 Å². The molecule has 0 saturated carbocycles. The van der Waals surface area contributed by atoms with Crippen LogP contribution in [0.2, 0.25) is 0 Å². The van der Waals surface area contributed by atoms with Crippen LogP contribution in [0.3, 0.4) is 0 Å². The molecule has 1 fully saturated rings.